The zero-order valence-corrected chi connectivity index (χ0v) is 15.4. The summed E-state index contributed by atoms with van der Waals surface area (Å²) in [5, 5.41) is 22.9. The molecule has 0 saturated carbocycles. The van der Waals surface area contributed by atoms with E-state index >= 15 is 0 Å². The Morgan fingerprint density at radius 1 is 1.29 bits per heavy atom. The van der Waals surface area contributed by atoms with E-state index in [1.807, 2.05) is 6.92 Å². The standard InChI is InChI=1S/C18H19N5O5/c1-11-15(12(2)28-21-11)10-27-16-6-4-3-5-14(16)18(26)19-7-13-8-23(22-20-13)9-17(24)25/h3-6,8H,7,9-10H2,1-2H3,(H,19,26)(H,24,25). The van der Waals surface area contributed by atoms with Crippen molar-refractivity contribution in [1.29, 1.82) is 0 Å². The fourth-order valence-corrected chi connectivity index (χ4v) is 2.54. The molecule has 2 heterocycles. The lowest BCUT2D eigenvalue weighted by Crippen LogP contribution is -2.23. The predicted molar refractivity (Wildman–Crippen MR) is 95.6 cm³/mol. The van der Waals surface area contributed by atoms with Crippen LogP contribution < -0.4 is 10.1 Å². The van der Waals surface area contributed by atoms with Gasteiger partial charge in [-0.1, -0.05) is 22.5 Å². The maximum Gasteiger partial charge on any atom is 0.325 e. The quantitative estimate of drug-likeness (QED) is 0.596. The van der Waals surface area contributed by atoms with Crippen molar-refractivity contribution in [3.8, 4) is 5.75 Å². The number of hydrogen-bond donors (Lipinski definition) is 2. The normalized spacial score (nSPS) is 10.6. The van der Waals surface area contributed by atoms with Crippen LogP contribution in [0.3, 0.4) is 0 Å². The van der Waals surface area contributed by atoms with Crippen molar-refractivity contribution in [2.75, 3.05) is 0 Å². The molecule has 28 heavy (non-hydrogen) atoms. The maximum atomic E-state index is 12.5. The van der Waals surface area contributed by atoms with E-state index < -0.39 is 5.97 Å². The summed E-state index contributed by atoms with van der Waals surface area (Å²) in [6.07, 6.45) is 1.47. The van der Waals surface area contributed by atoms with Crippen LogP contribution in [0.25, 0.3) is 0 Å². The molecule has 0 unspecified atom stereocenters. The second-order valence-corrected chi connectivity index (χ2v) is 6.07. The van der Waals surface area contributed by atoms with E-state index in [2.05, 4.69) is 20.8 Å². The summed E-state index contributed by atoms with van der Waals surface area (Å²) >= 11 is 0. The molecule has 0 atom stereocenters. The van der Waals surface area contributed by atoms with Gasteiger partial charge in [0.2, 0.25) is 0 Å². The van der Waals surface area contributed by atoms with E-state index in [1.54, 1.807) is 31.2 Å². The molecule has 0 saturated heterocycles. The van der Waals surface area contributed by atoms with Gasteiger partial charge in [-0.25, -0.2) is 4.68 Å². The van der Waals surface area contributed by atoms with Crippen molar-refractivity contribution >= 4 is 11.9 Å². The van der Waals surface area contributed by atoms with Crippen LogP contribution >= 0.6 is 0 Å². The summed E-state index contributed by atoms with van der Waals surface area (Å²) in [6, 6.07) is 6.87. The largest absolute Gasteiger partial charge is 0.488 e. The Kier molecular flexibility index (Phi) is 5.68. The smallest absolute Gasteiger partial charge is 0.325 e. The van der Waals surface area contributed by atoms with Crippen molar-refractivity contribution in [2.45, 2.75) is 33.5 Å². The SMILES string of the molecule is Cc1noc(C)c1COc1ccccc1C(=O)NCc1cn(CC(=O)O)nn1. The minimum absolute atomic E-state index is 0.108. The zero-order chi connectivity index (χ0) is 20.1. The van der Waals surface area contributed by atoms with Gasteiger partial charge >= 0.3 is 5.97 Å². The summed E-state index contributed by atoms with van der Waals surface area (Å²) in [5.74, 6) is -0.273. The van der Waals surface area contributed by atoms with Crippen LogP contribution in [-0.4, -0.2) is 37.1 Å². The number of amides is 1. The number of hydrogen-bond acceptors (Lipinski definition) is 7. The number of carboxylic acids is 1. The van der Waals surface area contributed by atoms with Gasteiger partial charge in [-0.3, -0.25) is 9.59 Å². The molecule has 3 rings (SSSR count). The average molecular weight is 385 g/mol. The lowest BCUT2D eigenvalue weighted by molar-refractivity contribution is -0.137. The van der Waals surface area contributed by atoms with Gasteiger partial charge in [-0.2, -0.15) is 0 Å². The van der Waals surface area contributed by atoms with Crippen molar-refractivity contribution < 1.29 is 24.0 Å². The van der Waals surface area contributed by atoms with Gasteiger partial charge in [0.1, 0.15) is 30.4 Å². The monoisotopic (exact) mass is 385 g/mol. The molecule has 0 radical (unpaired) electrons. The number of aryl methyl sites for hydroxylation is 2. The summed E-state index contributed by atoms with van der Waals surface area (Å²) in [5.41, 5.74) is 2.39. The van der Waals surface area contributed by atoms with Gasteiger partial charge < -0.3 is 19.7 Å². The number of nitrogens with zero attached hydrogens (tertiary/aromatic N) is 4. The Bertz CT molecular complexity index is 974. The van der Waals surface area contributed by atoms with Crippen LogP contribution in [0.15, 0.2) is 35.0 Å². The van der Waals surface area contributed by atoms with Crippen LogP contribution in [-0.2, 0) is 24.5 Å². The van der Waals surface area contributed by atoms with Gasteiger partial charge in [0, 0.05) is 0 Å². The number of benzene rings is 1. The zero-order valence-electron chi connectivity index (χ0n) is 15.4. The van der Waals surface area contributed by atoms with Crippen LogP contribution in [0.4, 0.5) is 0 Å². The number of carboxylic acid groups (broad SMARTS) is 1. The third-order valence-electron chi connectivity index (χ3n) is 4.00. The van der Waals surface area contributed by atoms with Crippen molar-refractivity contribution in [3.05, 3.63) is 58.7 Å². The number of aliphatic carboxylic acids is 1. The van der Waals surface area contributed by atoms with Crippen LogP contribution in [0.1, 0.15) is 33.1 Å². The first-order chi connectivity index (χ1) is 13.4. The molecule has 2 N–H and O–H groups in total. The molecule has 1 aromatic carbocycles. The number of nitrogens with one attached hydrogen (secondary N) is 1. The molecule has 0 aliphatic rings. The lowest BCUT2D eigenvalue weighted by Gasteiger charge is -2.11. The van der Waals surface area contributed by atoms with E-state index in [4.69, 9.17) is 14.4 Å². The Morgan fingerprint density at radius 2 is 2.07 bits per heavy atom. The van der Waals surface area contributed by atoms with E-state index in [1.165, 1.54) is 10.9 Å². The minimum atomic E-state index is -1.02. The number of carbonyl (C=O) groups is 2. The molecule has 146 valence electrons. The molecule has 0 aliphatic carbocycles. The van der Waals surface area contributed by atoms with Crippen molar-refractivity contribution in [2.24, 2.45) is 0 Å². The van der Waals surface area contributed by atoms with Gasteiger partial charge in [0.05, 0.1) is 29.6 Å². The van der Waals surface area contributed by atoms with E-state index in [0.717, 1.165) is 11.3 Å². The van der Waals surface area contributed by atoms with E-state index in [9.17, 15) is 9.59 Å². The van der Waals surface area contributed by atoms with Crippen molar-refractivity contribution in [1.82, 2.24) is 25.5 Å². The molecule has 10 nitrogen and oxygen atoms in total. The Labute approximate surface area is 160 Å². The second kappa shape index (κ2) is 8.33. The molecule has 0 bridgehead atoms. The molecular formula is C18H19N5O5. The van der Waals surface area contributed by atoms with Crippen LogP contribution in [0.2, 0.25) is 0 Å². The first-order valence-electron chi connectivity index (χ1n) is 8.46. The van der Waals surface area contributed by atoms with Gasteiger partial charge in [0.15, 0.2) is 0 Å². The molecule has 10 heteroatoms. The summed E-state index contributed by atoms with van der Waals surface area (Å²) < 4.78 is 12.1. The lowest BCUT2D eigenvalue weighted by atomic mass is 10.1. The van der Waals surface area contributed by atoms with Gasteiger partial charge in [-0.15, -0.1) is 5.10 Å². The molecule has 0 spiro atoms. The molecule has 1 amide bonds. The van der Waals surface area contributed by atoms with Crippen LogP contribution in [0, 0.1) is 13.8 Å². The highest BCUT2D eigenvalue weighted by atomic mass is 16.5. The first-order valence-corrected chi connectivity index (χ1v) is 8.46. The third kappa shape index (κ3) is 4.53. The summed E-state index contributed by atoms with van der Waals surface area (Å²) in [4.78, 5) is 23.2. The van der Waals surface area contributed by atoms with E-state index in [-0.39, 0.29) is 25.6 Å². The minimum Gasteiger partial charge on any atom is -0.488 e. The Balaban J connectivity index is 1.64. The number of aromatic nitrogens is 4. The highest BCUT2D eigenvalue weighted by molar-refractivity contribution is 5.96. The molecule has 2 aromatic heterocycles. The molecule has 3 aromatic rings. The highest BCUT2D eigenvalue weighted by Gasteiger charge is 2.15. The predicted octanol–water partition coefficient (Wildman–Crippen LogP) is 1.48. The van der Waals surface area contributed by atoms with Gasteiger partial charge in [-0.05, 0) is 26.0 Å². The third-order valence-corrected chi connectivity index (χ3v) is 4.00. The maximum absolute atomic E-state index is 12.5. The number of ether oxygens (including phenoxy) is 1. The number of rotatable bonds is 8. The van der Waals surface area contributed by atoms with E-state index in [0.29, 0.717) is 22.8 Å². The molecule has 0 aliphatic heterocycles. The average Bonchev–Trinajstić information content (AvgIpc) is 3.24. The molecular weight excluding hydrogens is 366 g/mol. The molecule has 0 fully saturated rings. The summed E-state index contributed by atoms with van der Waals surface area (Å²) in [7, 11) is 0. The second-order valence-electron chi connectivity index (χ2n) is 6.07. The topological polar surface area (TPSA) is 132 Å². The van der Waals surface area contributed by atoms with Crippen molar-refractivity contribution in [3.63, 3.8) is 0 Å². The fourth-order valence-electron chi connectivity index (χ4n) is 2.54. The summed E-state index contributed by atoms with van der Waals surface area (Å²) in [6.45, 7) is 3.67. The Hall–Kier alpha value is -3.69. The number of carbonyl (C=O) groups excluding carboxylic acids is 1. The Morgan fingerprint density at radius 3 is 2.79 bits per heavy atom. The van der Waals surface area contributed by atoms with Crippen LogP contribution in [0.5, 0.6) is 5.75 Å². The fraction of sp³-hybridized carbons (Fsp3) is 0.278. The van der Waals surface area contributed by atoms with Gasteiger partial charge in [0.25, 0.3) is 5.91 Å². The highest BCUT2D eigenvalue weighted by Crippen LogP contribution is 2.21. The number of para-hydroxylation sites is 1. The first kappa shape index (κ1) is 19.1.